The molecule has 1 amide bonds. The third-order valence-corrected chi connectivity index (χ3v) is 7.56. The lowest BCUT2D eigenvalue weighted by Crippen LogP contribution is -2.34. The van der Waals surface area contributed by atoms with Crippen LogP contribution in [0.15, 0.2) is 77.7 Å². The lowest BCUT2D eigenvalue weighted by Gasteiger charge is -2.22. The van der Waals surface area contributed by atoms with E-state index in [0.29, 0.717) is 47.0 Å². The monoisotopic (exact) mass is 620 g/mol. The molecular weight excluding hydrogens is 584 g/mol. The number of carbonyl (C=O) groups excluding carboxylic acids is 1. The molecule has 3 aromatic carbocycles. The van der Waals surface area contributed by atoms with E-state index in [-0.39, 0.29) is 16.9 Å². The van der Waals surface area contributed by atoms with Gasteiger partial charge in [0.2, 0.25) is 5.43 Å². The van der Waals surface area contributed by atoms with Gasteiger partial charge in [-0.1, -0.05) is 53.4 Å². The molecule has 4 rings (SSSR count). The summed E-state index contributed by atoms with van der Waals surface area (Å²) in [6, 6.07) is 20.2. The van der Waals surface area contributed by atoms with Gasteiger partial charge in [0.15, 0.2) is 0 Å². The maximum absolute atomic E-state index is 13.8. The first kappa shape index (κ1) is 30.2. The van der Waals surface area contributed by atoms with Gasteiger partial charge in [0.25, 0.3) is 5.91 Å². The van der Waals surface area contributed by atoms with Crippen LogP contribution in [0.4, 0.5) is 5.69 Å². The normalized spacial score (nSPS) is 10.9. The highest BCUT2D eigenvalue weighted by molar-refractivity contribution is 9.09. The molecule has 0 aliphatic carbocycles. The number of aromatic nitrogens is 1. The molecule has 0 bridgehead atoms. The molecule has 0 saturated carbocycles. The molecule has 8 heteroatoms. The molecule has 4 aromatic rings. The number of unbranched alkanes of at least 4 members (excludes halogenated alkanes) is 4. The molecule has 216 valence electrons. The van der Waals surface area contributed by atoms with Crippen molar-refractivity contribution in [3.63, 3.8) is 0 Å². The summed E-state index contributed by atoms with van der Waals surface area (Å²) in [6.07, 6.45) is 7.25. The van der Waals surface area contributed by atoms with Gasteiger partial charge in [-0.05, 0) is 44.0 Å². The average Bonchev–Trinajstić information content (AvgIpc) is 3.01. The maximum atomic E-state index is 13.8. The van der Waals surface area contributed by atoms with Gasteiger partial charge < -0.3 is 23.7 Å². The Bertz CT molecular complexity index is 1500. The summed E-state index contributed by atoms with van der Waals surface area (Å²) in [5.74, 6) is 1.48. The Morgan fingerprint density at radius 2 is 1.54 bits per heavy atom. The zero-order valence-corrected chi connectivity index (χ0v) is 25.5. The molecular formula is C33H37BrN2O5. The van der Waals surface area contributed by atoms with Gasteiger partial charge in [-0.15, -0.1) is 0 Å². The number of rotatable bonds is 14. The highest BCUT2D eigenvalue weighted by Crippen LogP contribution is 2.29. The van der Waals surface area contributed by atoms with E-state index in [9.17, 15) is 9.59 Å². The van der Waals surface area contributed by atoms with Crippen molar-refractivity contribution in [3.05, 3.63) is 88.7 Å². The van der Waals surface area contributed by atoms with Crippen molar-refractivity contribution in [2.75, 3.05) is 37.6 Å². The first-order valence-electron chi connectivity index (χ1n) is 14.0. The Hall–Kier alpha value is -3.78. The van der Waals surface area contributed by atoms with Crippen LogP contribution in [0.2, 0.25) is 0 Å². The van der Waals surface area contributed by atoms with Crippen LogP contribution in [0, 0.1) is 0 Å². The molecule has 41 heavy (non-hydrogen) atoms. The number of fused-ring (bicyclic) bond motifs is 1. The van der Waals surface area contributed by atoms with E-state index in [2.05, 4.69) is 15.9 Å². The Morgan fingerprint density at radius 3 is 2.20 bits per heavy atom. The van der Waals surface area contributed by atoms with Gasteiger partial charge in [0.1, 0.15) is 22.8 Å². The average molecular weight is 622 g/mol. The summed E-state index contributed by atoms with van der Waals surface area (Å²) >= 11 is 3.48. The lowest BCUT2D eigenvalue weighted by atomic mass is 10.1. The zero-order chi connectivity index (χ0) is 29.2. The number of alkyl halides is 1. The summed E-state index contributed by atoms with van der Waals surface area (Å²) in [5, 5.41) is 1.46. The van der Waals surface area contributed by atoms with Crippen molar-refractivity contribution in [2.24, 2.45) is 0 Å². The number of para-hydroxylation sites is 1. The zero-order valence-electron chi connectivity index (χ0n) is 23.9. The van der Waals surface area contributed by atoms with Crippen molar-refractivity contribution in [1.82, 2.24) is 4.57 Å². The minimum absolute atomic E-state index is 0.0714. The minimum Gasteiger partial charge on any atom is -0.497 e. The fourth-order valence-corrected chi connectivity index (χ4v) is 5.20. The first-order valence-corrected chi connectivity index (χ1v) is 15.1. The maximum Gasteiger partial charge on any atom is 0.263 e. The van der Waals surface area contributed by atoms with Crippen molar-refractivity contribution in [1.29, 1.82) is 0 Å². The first-order chi connectivity index (χ1) is 20.0. The summed E-state index contributed by atoms with van der Waals surface area (Å²) in [5.41, 5.74) is 1.78. The van der Waals surface area contributed by atoms with Crippen LogP contribution >= 0.6 is 15.9 Å². The van der Waals surface area contributed by atoms with Gasteiger partial charge in [0.05, 0.1) is 32.0 Å². The Kier molecular flexibility index (Phi) is 10.8. The molecule has 0 aliphatic rings. The number of hydrogen-bond donors (Lipinski definition) is 0. The molecule has 0 N–H and O–H groups in total. The summed E-state index contributed by atoms with van der Waals surface area (Å²) in [7, 11) is 3.17. The smallest absolute Gasteiger partial charge is 0.263 e. The highest BCUT2D eigenvalue weighted by Gasteiger charge is 2.22. The van der Waals surface area contributed by atoms with Crippen LogP contribution < -0.4 is 24.5 Å². The number of amides is 1. The summed E-state index contributed by atoms with van der Waals surface area (Å²) < 4.78 is 18.9. The summed E-state index contributed by atoms with van der Waals surface area (Å²) in [4.78, 5) is 29.2. The van der Waals surface area contributed by atoms with Crippen LogP contribution in [-0.4, -0.2) is 43.2 Å². The number of hydrogen-bond acceptors (Lipinski definition) is 5. The SMILES string of the molecule is CCN(C(=O)c1cn(-c2cc(OC)cc(OC)c2)c2cc(OCCCCCCCBr)ccc2c1=O)c1ccccc1. The van der Waals surface area contributed by atoms with Crippen molar-refractivity contribution in [2.45, 2.75) is 39.0 Å². The van der Waals surface area contributed by atoms with Crippen LogP contribution in [-0.2, 0) is 0 Å². The second-order valence-electron chi connectivity index (χ2n) is 9.68. The molecule has 0 unspecified atom stereocenters. The molecule has 0 spiro atoms. The molecule has 0 aliphatic heterocycles. The molecule has 0 fully saturated rings. The Balaban J connectivity index is 1.78. The van der Waals surface area contributed by atoms with E-state index < -0.39 is 0 Å². The van der Waals surface area contributed by atoms with E-state index >= 15 is 0 Å². The van der Waals surface area contributed by atoms with E-state index in [1.54, 1.807) is 43.5 Å². The number of halogens is 1. The second kappa shape index (κ2) is 14.7. The second-order valence-corrected chi connectivity index (χ2v) is 10.5. The van der Waals surface area contributed by atoms with Crippen LogP contribution in [0.3, 0.4) is 0 Å². The van der Waals surface area contributed by atoms with E-state index in [1.165, 1.54) is 19.3 Å². The third-order valence-electron chi connectivity index (χ3n) is 7.00. The number of carbonyl (C=O) groups is 1. The number of pyridine rings is 1. The molecule has 1 aromatic heterocycles. The van der Waals surface area contributed by atoms with Crippen LogP contribution in [0.5, 0.6) is 17.2 Å². The number of ether oxygens (including phenoxy) is 3. The minimum atomic E-state index is -0.366. The van der Waals surface area contributed by atoms with Gasteiger partial charge in [-0.3, -0.25) is 9.59 Å². The largest absolute Gasteiger partial charge is 0.497 e. The number of nitrogens with zero attached hydrogens (tertiary/aromatic N) is 2. The topological polar surface area (TPSA) is 70.0 Å². The molecule has 0 saturated heterocycles. The molecule has 1 heterocycles. The van der Waals surface area contributed by atoms with E-state index in [4.69, 9.17) is 14.2 Å². The number of anilines is 1. The predicted octanol–water partition coefficient (Wildman–Crippen LogP) is 7.40. The fraction of sp³-hybridized carbons (Fsp3) is 0.333. The third kappa shape index (κ3) is 7.30. The Labute approximate surface area is 249 Å². The van der Waals surface area contributed by atoms with Crippen LogP contribution in [0.1, 0.15) is 49.4 Å². The van der Waals surface area contributed by atoms with Crippen LogP contribution in [0.25, 0.3) is 16.6 Å². The lowest BCUT2D eigenvalue weighted by molar-refractivity contribution is 0.0987. The fourth-order valence-electron chi connectivity index (χ4n) is 4.81. The molecule has 7 nitrogen and oxygen atoms in total. The highest BCUT2D eigenvalue weighted by atomic mass is 79.9. The van der Waals surface area contributed by atoms with Crippen molar-refractivity contribution in [3.8, 4) is 22.9 Å². The van der Waals surface area contributed by atoms with Gasteiger partial charge in [0, 0.05) is 53.4 Å². The number of methoxy groups -OCH3 is 2. The van der Waals surface area contributed by atoms with Gasteiger partial charge >= 0.3 is 0 Å². The quantitative estimate of drug-likeness (QED) is 0.108. The van der Waals surface area contributed by atoms with Crippen molar-refractivity contribution < 1.29 is 19.0 Å². The van der Waals surface area contributed by atoms with E-state index in [1.807, 2.05) is 60.0 Å². The number of benzene rings is 3. The van der Waals surface area contributed by atoms with Crippen molar-refractivity contribution >= 4 is 38.4 Å². The molecule has 0 radical (unpaired) electrons. The van der Waals surface area contributed by atoms with E-state index in [0.717, 1.165) is 23.9 Å². The summed E-state index contributed by atoms with van der Waals surface area (Å²) in [6.45, 7) is 2.90. The van der Waals surface area contributed by atoms with Gasteiger partial charge in [-0.25, -0.2) is 0 Å². The Morgan fingerprint density at radius 1 is 0.854 bits per heavy atom. The standard InChI is InChI=1S/C33H37BrN2O5/c1-4-35(24-13-9-8-10-14-24)33(38)30-23-36(25-19-27(39-2)21-28(20-25)40-3)31-22-26(15-16-29(31)32(30)37)41-18-12-7-5-6-11-17-34/h8-10,13-16,19-23H,4-7,11-12,17-18H2,1-3H3. The predicted molar refractivity (Wildman–Crippen MR) is 169 cm³/mol. The molecule has 0 atom stereocenters. The van der Waals surface area contributed by atoms with Gasteiger partial charge in [-0.2, -0.15) is 0 Å².